The number of ether oxygens (including phenoxy) is 1. The Hall–Kier alpha value is -1.06. The second-order valence-electron chi connectivity index (χ2n) is 6.68. The maximum Gasteiger partial charge on any atom is 0.119 e. The lowest BCUT2D eigenvalue weighted by molar-refractivity contribution is 0.104. The van der Waals surface area contributed by atoms with Crippen LogP contribution in [0.3, 0.4) is 0 Å². The Morgan fingerprint density at radius 3 is 2.71 bits per heavy atom. The maximum absolute atomic E-state index is 5.38. The standard InChI is InChI=1S/C18H28N2O/c1-13-10-16-11-17(21-3)4-5-18(16)14(2)20(13)12-15-6-8-19-9-7-15/h4-5,11,13-15,19H,6-10,12H2,1-3H3. The Kier molecular flexibility index (Phi) is 4.51. The van der Waals surface area contributed by atoms with E-state index in [-0.39, 0.29) is 0 Å². The molecule has 0 aromatic heterocycles. The van der Waals surface area contributed by atoms with Crippen LogP contribution in [0.4, 0.5) is 0 Å². The Balaban J connectivity index is 1.76. The number of nitrogens with zero attached hydrogens (tertiary/aromatic N) is 1. The molecule has 1 saturated heterocycles. The molecule has 3 heteroatoms. The second kappa shape index (κ2) is 6.37. The van der Waals surface area contributed by atoms with Crippen molar-refractivity contribution in [2.75, 3.05) is 26.7 Å². The van der Waals surface area contributed by atoms with Crippen LogP contribution in [0.1, 0.15) is 43.9 Å². The molecule has 116 valence electrons. The maximum atomic E-state index is 5.38. The topological polar surface area (TPSA) is 24.5 Å². The van der Waals surface area contributed by atoms with Crippen molar-refractivity contribution in [3.8, 4) is 5.75 Å². The molecule has 0 radical (unpaired) electrons. The summed E-state index contributed by atoms with van der Waals surface area (Å²) in [7, 11) is 1.75. The summed E-state index contributed by atoms with van der Waals surface area (Å²) < 4.78 is 5.38. The number of rotatable bonds is 3. The third-order valence-electron chi connectivity index (χ3n) is 5.31. The largest absolute Gasteiger partial charge is 0.497 e. The van der Waals surface area contributed by atoms with Crippen LogP contribution >= 0.6 is 0 Å². The molecule has 1 aromatic carbocycles. The predicted octanol–water partition coefficient (Wildman–Crippen LogP) is 3.00. The molecular weight excluding hydrogens is 260 g/mol. The van der Waals surface area contributed by atoms with Crippen LogP contribution in [-0.4, -0.2) is 37.7 Å². The molecule has 2 unspecified atom stereocenters. The summed E-state index contributed by atoms with van der Waals surface area (Å²) in [6.07, 6.45) is 3.79. The molecule has 0 aliphatic carbocycles. The highest BCUT2D eigenvalue weighted by Crippen LogP contribution is 2.35. The molecule has 0 spiro atoms. The third kappa shape index (κ3) is 3.09. The SMILES string of the molecule is COc1ccc2c(c1)CC(C)N(CC1CCNCC1)C2C. The zero-order valence-corrected chi connectivity index (χ0v) is 13.6. The highest BCUT2D eigenvalue weighted by Gasteiger charge is 2.31. The smallest absolute Gasteiger partial charge is 0.119 e. The highest BCUT2D eigenvalue weighted by molar-refractivity contribution is 5.39. The van der Waals surface area contributed by atoms with E-state index in [1.165, 1.54) is 43.6 Å². The van der Waals surface area contributed by atoms with E-state index in [2.05, 4.69) is 42.3 Å². The van der Waals surface area contributed by atoms with Gasteiger partial charge in [0.15, 0.2) is 0 Å². The average molecular weight is 288 g/mol. The fraction of sp³-hybridized carbons (Fsp3) is 0.667. The van der Waals surface area contributed by atoms with Crippen molar-refractivity contribution in [1.29, 1.82) is 0 Å². The predicted molar refractivity (Wildman–Crippen MR) is 86.9 cm³/mol. The minimum absolute atomic E-state index is 0.518. The number of methoxy groups -OCH3 is 1. The fourth-order valence-electron chi connectivity index (χ4n) is 3.99. The number of fused-ring (bicyclic) bond motifs is 1. The normalized spacial score (nSPS) is 27.4. The molecule has 2 aliphatic rings. The van der Waals surface area contributed by atoms with Crippen molar-refractivity contribution in [2.45, 2.75) is 45.2 Å². The fourth-order valence-corrected chi connectivity index (χ4v) is 3.99. The van der Waals surface area contributed by atoms with Crippen LogP contribution < -0.4 is 10.1 Å². The molecule has 2 atom stereocenters. The molecular formula is C18H28N2O. The number of hydrogen-bond acceptors (Lipinski definition) is 3. The molecule has 3 rings (SSSR count). The van der Waals surface area contributed by atoms with Gasteiger partial charge in [-0.1, -0.05) is 6.07 Å². The minimum Gasteiger partial charge on any atom is -0.497 e. The van der Waals surface area contributed by atoms with E-state index in [0.29, 0.717) is 12.1 Å². The Morgan fingerprint density at radius 1 is 1.24 bits per heavy atom. The van der Waals surface area contributed by atoms with Crippen molar-refractivity contribution in [2.24, 2.45) is 5.92 Å². The molecule has 3 nitrogen and oxygen atoms in total. The monoisotopic (exact) mass is 288 g/mol. The lowest BCUT2D eigenvalue weighted by Crippen LogP contribution is -2.45. The molecule has 0 amide bonds. The molecule has 0 saturated carbocycles. The molecule has 0 bridgehead atoms. The average Bonchev–Trinajstić information content (AvgIpc) is 2.52. The summed E-state index contributed by atoms with van der Waals surface area (Å²) in [5.74, 6) is 1.84. The summed E-state index contributed by atoms with van der Waals surface area (Å²) >= 11 is 0. The van der Waals surface area contributed by atoms with Crippen LogP contribution in [-0.2, 0) is 6.42 Å². The lowest BCUT2D eigenvalue weighted by Gasteiger charge is -2.42. The zero-order valence-electron chi connectivity index (χ0n) is 13.6. The minimum atomic E-state index is 0.518. The van der Waals surface area contributed by atoms with Crippen LogP contribution in [0.25, 0.3) is 0 Å². The summed E-state index contributed by atoms with van der Waals surface area (Å²) in [6, 6.07) is 7.73. The van der Waals surface area contributed by atoms with Crippen molar-refractivity contribution < 1.29 is 4.74 Å². The van der Waals surface area contributed by atoms with Crippen molar-refractivity contribution in [3.63, 3.8) is 0 Å². The molecule has 2 aliphatic heterocycles. The second-order valence-corrected chi connectivity index (χ2v) is 6.68. The molecule has 1 aromatic rings. The third-order valence-corrected chi connectivity index (χ3v) is 5.31. The van der Waals surface area contributed by atoms with E-state index in [9.17, 15) is 0 Å². The summed E-state index contributed by atoms with van der Waals surface area (Å²) in [6.45, 7) is 8.36. The van der Waals surface area contributed by atoms with Crippen LogP contribution in [0.2, 0.25) is 0 Å². The van der Waals surface area contributed by atoms with Crippen molar-refractivity contribution in [1.82, 2.24) is 10.2 Å². The summed E-state index contributed by atoms with van der Waals surface area (Å²) in [4.78, 5) is 2.71. The van der Waals surface area contributed by atoms with Crippen molar-refractivity contribution in [3.05, 3.63) is 29.3 Å². The van der Waals surface area contributed by atoms with Gasteiger partial charge >= 0.3 is 0 Å². The zero-order chi connectivity index (χ0) is 14.8. The van der Waals surface area contributed by atoms with Gasteiger partial charge in [-0.15, -0.1) is 0 Å². The first-order valence-electron chi connectivity index (χ1n) is 8.32. The molecule has 21 heavy (non-hydrogen) atoms. The van der Waals surface area contributed by atoms with Gasteiger partial charge in [-0.3, -0.25) is 4.90 Å². The molecule has 1 fully saturated rings. The molecule has 1 N–H and O–H groups in total. The molecule has 2 heterocycles. The number of benzene rings is 1. The Labute approximate surface area is 128 Å². The van der Waals surface area contributed by atoms with Crippen LogP contribution in [0.15, 0.2) is 18.2 Å². The Bertz CT molecular complexity index is 482. The quantitative estimate of drug-likeness (QED) is 0.925. The number of nitrogens with one attached hydrogen (secondary N) is 1. The first-order valence-corrected chi connectivity index (χ1v) is 8.32. The summed E-state index contributed by atoms with van der Waals surface area (Å²) in [5, 5.41) is 3.47. The van der Waals surface area contributed by atoms with Gasteiger partial charge in [0, 0.05) is 18.6 Å². The first kappa shape index (κ1) is 14.9. The van der Waals surface area contributed by atoms with Gasteiger partial charge in [0.1, 0.15) is 5.75 Å². The van der Waals surface area contributed by atoms with E-state index in [1.54, 1.807) is 7.11 Å². The van der Waals surface area contributed by atoms with Gasteiger partial charge in [0.05, 0.1) is 7.11 Å². The van der Waals surface area contributed by atoms with Crippen LogP contribution in [0, 0.1) is 5.92 Å². The van der Waals surface area contributed by atoms with Gasteiger partial charge in [-0.25, -0.2) is 0 Å². The van der Waals surface area contributed by atoms with E-state index >= 15 is 0 Å². The van der Waals surface area contributed by atoms with E-state index in [0.717, 1.165) is 18.1 Å². The van der Waals surface area contributed by atoms with E-state index in [1.807, 2.05) is 0 Å². The Morgan fingerprint density at radius 2 is 2.00 bits per heavy atom. The van der Waals surface area contributed by atoms with Crippen LogP contribution in [0.5, 0.6) is 5.75 Å². The highest BCUT2D eigenvalue weighted by atomic mass is 16.5. The van der Waals surface area contributed by atoms with E-state index < -0.39 is 0 Å². The van der Waals surface area contributed by atoms with Gasteiger partial charge in [-0.05, 0) is 75.4 Å². The number of piperidine rings is 1. The van der Waals surface area contributed by atoms with Gasteiger partial charge < -0.3 is 10.1 Å². The van der Waals surface area contributed by atoms with E-state index in [4.69, 9.17) is 4.74 Å². The summed E-state index contributed by atoms with van der Waals surface area (Å²) in [5.41, 5.74) is 2.96. The first-order chi connectivity index (χ1) is 10.2. The van der Waals surface area contributed by atoms with Gasteiger partial charge in [0.25, 0.3) is 0 Å². The lowest BCUT2D eigenvalue weighted by atomic mass is 9.87. The number of hydrogen-bond donors (Lipinski definition) is 1. The van der Waals surface area contributed by atoms with Gasteiger partial charge in [-0.2, -0.15) is 0 Å². The van der Waals surface area contributed by atoms with Crippen molar-refractivity contribution >= 4 is 0 Å². The van der Waals surface area contributed by atoms with Gasteiger partial charge in [0.2, 0.25) is 0 Å².